The second-order valence-electron chi connectivity index (χ2n) is 7.75. The first-order valence-electron chi connectivity index (χ1n) is 11.6. The number of nitrogens with one attached hydrogen (secondary N) is 1. The Hall–Kier alpha value is -3.08. The Morgan fingerprint density at radius 3 is 2.71 bits per heavy atom. The number of rotatable bonds is 9. The molecule has 1 aliphatic rings. The van der Waals surface area contributed by atoms with Gasteiger partial charge in [-0.3, -0.25) is 0 Å². The summed E-state index contributed by atoms with van der Waals surface area (Å²) in [5, 5.41) is 3.77. The van der Waals surface area contributed by atoms with Crippen LogP contribution < -0.4 is 14.8 Å². The van der Waals surface area contributed by atoms with Crippen LogP contribution in [0.15, 0.2) is 36.1 Å². The number of hydrogen-bond donors (Lipinski definition) is 1. The molecule has 35 heavy (non-hydrogen) atoms. The number of nitrogens with zero attached hydrogens (tertiary/aromatic N) is 3. The van der Waals surface area contributed by atoms with Crippen molar-refractivity contribution in [1.29, 1.82) is 0 Å². The fourth-order valence-corrected chi connectivity index (χ4v) is 4.31. The standard InChI is InChI=1S/C23H23FN4O4S.C2H6/c1-13(14-9-30-10-14)32-19-8-15(31-6-5-29-2)7-18-20(19)23(26-11-25-18)28-16-3-4-17-22(21(16)24)33-12-27-17;1-2/h3-4,7-8,11-14H,5-6,9-10H2,1-2H3,(H,25,26,28);1-2H3. The molecule has 0 saturated carbocycles. The molecule has 0 spiro atoms. The summed E-state index contributed by atoms with van der Waals surface area (Å²) in [7, 11) is 1.62. The van der Waals surface area contributed by atoms with Crippen molar-refractivity contribution < 1.29 is 23.3 Å². The summed E-state index contributed by atoms with van der Waals surface area (Å²) in [5.74, 6) is 1.53. The highest BCUT2D eigenvalue weighted by molar-refractivity contribution is 7.16. The lowest BCUT2D eigenvalue weighted by Gasteiger charge is -2.32. The number of hydrogen-bond acceptors (Lipinski definition) is 9. The molecule has 1 aliphatic heterocycles. The van der Waals surface area contributed by atoms with Crippen LogP contribution >= 0.6 is 11.3 Å². The fraction of sp³-hybridized carbons (Fsp3) is 0.400. The predicted octanol–water partition coefficient (Wildman–Crippen LogP) is 5.59. The molecule has 3 heterocycles. The van der Waals surface area contributed by atoms with E-state index in [0.29, 0.717) is 76.5 Å². The minimum Gasteiger partial charge on any atom is -0.491 e. The Balaban J connectivity index is 0.00000141. The van der Waals surface area contributed by atoms with Crippen LogP contribution in [-0.4, -0.2) is 54.6 Å². The molecule has 5 rings (SSSR count). The van der Waals surface area contributed by atoms with Crippen LogP contribution in [0.2, 0.25) is 0 Å². The average Bonchev–Trinajstić information content (AvgIpc) is 3.31. The first kappa shape index (κ1) is 25.0. The van der Waals surface area contributed by atoms with E-state index in [1.165, 1.54) is 17.7 Å². The third kappa shape index (κ3) is 5.44. The van der Waals surface area contributed by atoms with Gasteiger partial charge in [-0.15, -0.1) is 11.3 Å². The lowest BCUT2D eigenvalue weighted by molar-refractivity contribution is -0.0774. The molecule has 1 saturated heterocycles. The van der Waals surface area contributed by atoms with Gasteiger partial charge in [-0.25, -0.2) is 19.3 Å². The Morgan fingerprint density at radius 2 is 1.97 bits per heavy atom. The number of aromatic nitrogens is 3. The number of benzene rings is 2. The molecule has 4 aromatic rings. The molecular weight excluding hydrogens is 471 g/mol. The van der Waals surface area contributed by atoms with Crippen molar-refractivity contribution in [3.05, 3.63) is 41.9 Å². The van der Waals surface area contributed by atoms with Gasteiger partial charge < -0.3 is 24.3 Å². The fourth-order valence-electron chi connectivity index (χ4n) is 3.58. The summed E-state index contributed by atoms with van der Waals surface area (Å²) in [6.07, 6.45) is 1.34. The maximum absolute atomic E-state index is 15.1. The van der Waals surface area contributed by atoms with E-state index in [9.17, 15) is 0 Å². The van der Waals surface area contributed by atoms with E-state index in [2.05, 4.69) is 20.3 Å². The minimum absolute atomic E-state index is 0.0884. The third-order valence-corrected chi connectivity index (χ3v) is 6.40. The van der Waals surface area contributed by atoms with E-state index in [-0.39, 0.29) is 11.9 Å². The molecule has 2 aromatic carbocycles. The van der Waals surface area contributed by atoms with E-state index >= 15 is 4.39 Å². The third-order valence-electron chi connectivity index (χ3n) is 5.56. The van der Waals surface area contributed by atoms with Crippen LogP contribution in [0, 0.1) is 11.7 Å². The molecule has 0 radical (unpaired) electrons. The van der Waals surface area contributed by atoms with E-state index in [1.807, 2.05) is 32.9 Å². The van der Waals surface area contributed by atoms with Gasteiger partial charge in [0.1, 0.15) is 36.4 Å². The van der Waals surface area contributed by atoms with E-state index < -0.39 is 0 Å². The zero-order valence-electron chi connectivity index (χ0n) is 20.2. The molecule has 0 amide bonds. The summed E-state index contributed by atoms with van der Waals surface area (Å²) < 4.78 is 38.1. The topological polar surface area (TPSA) is 87.6 Å². The largest absolute Gasteiger partial charge is 0.491 e. The highest BCUT2D eigenvalue weighted by atomic mass is 32.1. The average molecular weight is 501 g/mol. The zero-order valence-corrected chi connectivity index (χ0v) is 21.0. The summed E-state index contributed by atoms with van der Waals surface area (Å²) in [6, 6.07) is 7.05. The Morgan fingerprint density at radius 1 is 1.14 bits per heavy atom. The monoisotopic (exact) mass is 500 g/mol. The first-order chi connectivity index (χ1) is 17.1. The van der Waals surface area contributed by atoms with Crippen molar-refractivity contribution in [1.82, 2.24) is 15.0 Å². The lowest BCUT2D eigenvalue weighted by atomic mass is 10.0. The van der Waals surface area contributed by atoms with Gasteiger partial charge in [-0.1, -0.05) is 13.8 Å². The maximum atomic E-state index is 15.1. The lowest BCUT2D eigenvalue weighted by Crippen LogP contribution is -2.39. The predicted molar refractivity (Wildman–Crippen MR) is 136 cm³/mol. The van der Waals surface area contributed by atoms with Gasteiger partial charge in [-0.05, 0) is 19.1 Å². The molecule has 1 fully saturated rings. The van der Waals surface area contributed by atoms with Crippen molar-refractivity contribution in [2.24, 2.45) is 5.92 Å². The van der Waals surface area contributed by atoms with Gasteiger partial charge in [-0.2, -0.15) is 0 Å². The highest BCUT2D eigenvalue weighted by Gasteiger charge is 2.28. The number of ether oxygens (including phenoxy) is 4. The SMILES string of the molecule is CC.COCCOc1cc(OC(C)C2COC2)c2c(Nc3ccc4ncsc4c3F)ncnc2c1. The van der Waals surface area contributed by atoms with Gasteiger partial charge in [0.25, 0.3) is 0 Å². The van der Waals surface area contributed by atoms with Crippen molar-refractivity contribution >= 4 is 44.0 Å². The van der Waals surface area contributed by atoms with Gasteiger partial charge in [0.2, 0.25) is 0 Å². The number of fused-ring (bicyclic) bond motifs is 2. The van der Waals surface area contributed by atoms with Crippen LogP contribution in [0.3, 0.4) is 0 Å². The van der Waals surface area contributed by atoms with Crippen molar-refractivity contribution in [3.8, 4) is 11.5 Å². The highest BCUT2D eigenvalue weighted by Crippen LogP contribution is 2.38. The summed E-state index contributed by atoms with van der Waals surface area (Å²) in [5.41, 5.74) is 3.17. The van der Waals surface area contributed by atoms with Crippen molar-refractivity contribution in [2.45, 2.75) is 26.9 Å². The number of thiazole rings is 1. The normalized spacial score (nSPS) is 14.2. The van der Waals surface area contributed by atoms with Gasteiger partial charge in [0.15, 0.2) is 5.82 Å². The minimum atomic E-state index is -0.372. The maximum Gasteiger partial charge on any atom is 0.166 e. The molecule has 0 aliphatic carbocycles. The number of anilines is 2. The van der Waals surface area contributed by atoms with E-state index in [4.69, 9.17) is 18.9 Å². The van der Waals surface area contributed by atoms with Gasteiger partial charge in [0, 0.05) is 25.2 Å². The molecule has 0 bridgehead atoms. The van der Waals surface area contributed by atoms with Crippen LogP contribution in [0.4, 0.5) is 15.9 Å². The second-order valence-corrected chi connectivity index (χ2v) is 8.61. The quantitative estimate of drug-likeness (QED) is 0.298. The molecule has 10 heteroatoms. The van der Waals surface area contributed by atoms with Crippen LogP contribution in [0.25, 0.3) is 21.1 Å². The van der Waals surface area contributed by atoms with E-state index in [1.54, 1.807) is 24.8 Å². The molecule has 186 valence electrons. The summed E-state index contributed by atoms with van der Waals surface area (Å²) in [4.78, 5) is 13.0. The molecule has 1 N–H and O–H groups in total. The Bertz CT molecular complexity index is 1280. The van der Waals surface area contributed by atoms with Crippen molar-refractivity contribution in [3.63, 3.8) is 0 Å². The number of halogens is 1. The Kier molecular flexibility index (Phi) is 8.27. The van der Waals surface area contributed by atoms with Crippen LogP contribution in [-0.2, 0) is 9.47 Å². The van der Waals surface area contributed by atoms with Gasteiger partial charge in [0.05, 0.1) is 52.1 Å². The van der Waals surface area contributed by atoms with Crippen LogP contribution in [0.1, 0.15) is 20.8 Å². The molecule has 2 aromatic heterocycles. The molecule has 1 unspecified atom stereocenters. The smallest absolute Gasteiger partial charge is 0.166 e. The molecule has 8 nitrogen and oxygen atoms in total. The van der Waals surface area contributed by atoms with Crippen LogP contribution in [0.5, 0.6) is 11.5 Å². The molecule has 1 atom stereocenters. The first-order valence-corrected chi connectivity index (χ1v) is 12.5. The Labute approximate surface area is 207 Å². The van der Waals surface area contributed by atoms with E-state index in [0.717, 1.165) is 0 Å². The molecular formula is C25H29FN4O4S. The number of methoxy groups -OCH3 is 1. The summed E-state index contributed by atoms with van der Waals surface area (Å²) in [6.45, 7) is 8.17. The second kappa shape index (κ2) is 11.6. The summed E-state index contributed by atoms with van der Waals surface area (Å²) >= 11 is 1.26. The van der Waals surface area contributed by atoms with Gasteiger partial charge >= 0.3 is 0 Å². The zero-order chi connectivity index (χ0) is 24.8. The van der Waals surface area contributed by atoms with Crippen molar-refractivity contribution in [2.75, 3.05) is 38.9 Å².